The Morgan fingerprint density at radius 2 is 1.71 bits per heavy atom. The van der Waals surface area contributed by atoms with Crippen LogP contribution in [0.5, 0.6) is 0 Å². The normalized spacial score (nSPS) is 11.0. The molecule has 0 unspecified atom stereocenters. The van der Waals surface area contributed by atoms with Gasteiger partial charge < -0.3 is 5.11 Å². The molecule has 0 radical (unpaired) electrons. The Morgan fingerprint density at radius 1 is 1.00 bits per heavy atom. The van der Waals surface area contributed by atoms with Crippen molar-refractivity contribution in [3.63, 3.8) is 0 Å². The fourth-order valence-electron chi connectivity index (χ4n) is 4.20. The highest BCUT2D eigenvalue weighted by Crippen LogP contribution is 2.30. The summed E-state index contributed by atoms with van der Waals surface area (Å²) in [6.07, 6.45) is 1.63. The van der Waals surface area contributed by atoms with Gasteiger partial charge in [-0.15, -0.1) is 5.10 Å². The fourth-order valence-corrected chi connectivity index (χ4v) is 4.20. The lowest BCUT2D eigenvalue weighted by Crippen LogP contribution is -2.31. The number of hydrogen-bond acceptors (Lipinski definition) is 6. The molecule has 0 amide bonds. The Kier molecular flexibility index (Phi) is 7.00. The third-order valence-corrected chi connectivity index (χ3v) is 5.78. The minimum Gasteiger partial charge on any atom is -0.477 e. The van der Waals surface area contributed by atoms with E-state index >= 15 is 0 Å². The molecule has 4 aromatic rings. The molecule has 10 nitrogen and oxygen atoms in total. The molecule has 0 saturated carbocycles. The van der Waals surface area contributed by atoms with Crippen LogP contribution in [0.2, 0.25) is 0 Å². The van der Waals surface area contributed by atoms with E-state index in [0.29, 0.717) is 30.8 Å². The summed E-state index contributed by atoms with van der Waals surface area (Å²) in [7, 11) is 0. The van der Waals surface area contributed by atoms with Crippen LogP contribution in [0.4, 0.5) is 0 Å². The zero-order valence-corrected chi connectivity index (χ0v) is 19.6. The van der Waals surface area contributed by atoms with Gasteiger partial charge in [0.15, 0.2) is 11.5 Å². The number of H-pyrrole nitrogens is 1. The molecule has 0 saturated heterocycles. The number of carboxylic acids is 1. The van der Waals surface area contributed by atoms with Crippen molar-refractivity contribution in [3.05, 3.63) is 76.0 Å². The van der Waals surface area contributed by atoms with E-state index in [1.807, 2.05) is 62.4 Å². The van der Waals surface area contributed by atoms with Gasteiger partial charge in [0.2, 0.25) is 5.91 Å². The molecule has 0 aliphatic rings. The van der Waals surface area contributed by atoms with Crippen LogP contribution >= 0.6 is 0 Å². The maximum Gasteiger partial charge on any atom is 0.354 e. The number of rotatable bonds is 9. The molecule has 2 N–H and O–H groups in total. The standard InChI is InChI=1S/C25H26N6O4/c1-3-7-20-22(24(33)34)31(21(32)8-4-2)25(35)30(20)15-16-11-13-17(14-12-16)18-9-5-6-10-19(18)23-26-28-29-27-23/h5-6,9-14H,3-4,7-8,15H2,1-2H3,(H,33,34)(H,26,27,28,29). The molecular weight excluding hydrogens is 448 g/mol. The molecule has 180 valence electrons. The minimum atomic E-state index is -1.28. The summed E-state index contributed by atoms with van der Waals surface area (Å²) in [4.78, 5) is 37.8. The molecule has 0 atom stereocenters. The number of tetrazole rings is 1. The van der Waals surface area contributed by atoms with E-state index in [0.717, 1.165) is 26.8 Å². The van der Waals surface area contributed by atoms with Gasteiger partial charge in [0.1, 0.15) is 0 Å². The van der Waals surface area contributed by atoms with Crippen molar-refractivity contribution in [1.29, 1.82) is 0 Å². The number of imidazole rings is 1. The Bertz CT molecular complexity index is 1400. The third-order valence-electron chi connectivity index (χ3n) is 5.78. The van der Waals surface area contributed by atoms with Crippen molar-refractivity contribution < 1.29 is 14.7 Å². The van der Waals surface area contributed by atoms with E-state index in [4.69, 9.17) is 0 Å². The second-order valence-electron chi connectivity index (χ2n) is 8.19. The van der Waals surface area contributed by atoms with Crippen molar-refractivity contribution in [2.24, 2.45) is 0 Å². The second kappa shape index (κ2) is 10.3. The SMILES string of the molecule is CCCC(=O)n1c(C(=O)O)c(CCC)n(Cc2ccc(-c3ccccc3-c3nnn[nH]3)cc2)c1=O. The number of nitrogens with one attached hydrogen (secondary N) is 1. The van der Waals surface area contributed by atoms with Crippen molar-refractivity contribution in [2.45, 2.75) is 46.1 Å². The summed E-state index contributed by atoms with van der Waals surface area (Å²) in [6.45, 7) is 3.88. The average molecular weight is 475 g/mol. The minimum absolute atomic E-state index is 0.102. The molecule has 10 heteroatoms. The first kappa shape index (κ1) is 23.8. The highest BCUT2D eigenvalue weighted by molar-refractivity contribution is 5.93. The van der Waals surface area contributed by atoms with E-state index in [1.165, 1.54) is 4.57 Å². The fraction of sp³-hybridized carbons (Fsp3) is 0.280. The van der Waals surface area contributed by atoms with Gasteiger partial charge in [0, 0.05) is 12.0 Å². The van der Waals surface area contributed by atoms with E-state index in [1.54, 1.807) is 0 Å². The Labute approximate surface area is 201 Å². The van der Waals surface area contributed by atoms with E-state index < -0.39 is 17.6 Å². The number of nitrogens with zero attached hydrogens (tertiary/aromatic N) is 5. The summed E-state index contributed by atoms with van der Waals surface area (Å²) < 4.78 is 2.23. The molecule has 2 heterocycles. The van der Waals surface area contributed by atoms with Crippen molar-refractivity contribution in [1.82, 2.24) is 29.8 Å². The van der Waals surface area contributed by atoms with Crippen LogP contribution in [0.15, 0.2) is 53.3 Å². The first-order valence-corrected chi connectivity index (χ1v) is 11.5. The molecule has 0 aliphatic carbocycles. The highest BCUT2D eigenvalue weighted by Gasteiger charge is 2.27. The summed E-state index contributed by atoms with van der Waals surface area (Å²) in [5.41, 5.74) is 3.04. The number of aromatic amines is 1. The number of benzene rings is 2. The van der Waals surface area contributed by atoms with Gasteiger partial charge in [-0.25, -0.2) is 19.3 Å². The topological polar surface area (TPSA) is 136 Å². The van der Waals surface area contributed by atoms with Gasteiger partial charge in [0.05, 0.1) is 12.2 Å². The molecule has 35 heavy (non-hydrogen) atoms. The summed E-state index contributed by atoms with van der Waals surface area (Å²) in [6, 6.07) is 15.4. The number of hydrogen-bond donors (Lipinski definition) is 2. The van der Waals surface area contributed by atoms with Crippen LogP contribution in [0.1, 0.15) is 59.7 Å². The Morgan fingerprint density at radius 3 is 2.31 bits per heavy atom. The molecule has 0 fully saturated rings. The largest absolute Gasteiger partial charge is 0.477 e. The molecule has 0 aliphatic heterocycles. The third kappa shape index (κ3) is 4.68. The van der Waals surface area contributed by atoms with E-state index in [2.05, 4.69) is 20.6 Å². The van der Waals surface area contributed by atoms with Gasteiger partial charge in [-0.3, -0.25) is 9.36 Å². The zero-order chi connectivity index (χ0) is 24.9. The van der Waals surface area contributed by atoms with E-state index in [9.17, 15) is 19.5 Å². The first-order valence-electron chi connectivity index (χ1n) is 11.5. The number of carbonyl (C=O) groups is 2. The number of carbonyl (C=O) groups excluding carboxylic acids is 1. The summed E-state index contributed by atoms with van der Waals surface area (Å²) in [5.74, 6) is -1.22. The second-order valence-corrected chi connectivity index (χ2v) is 8.19. The molecule has 2 aromatic carbocycles. The van der Waals surface area contributed by atoms with Gasteiger partial charge in [0.25, 0.3) is 0 Å². The van der Waals surface area contributed by atoms with Crippen LogP contribution in [-0.4, -0.2) is 46.7 Å². The lowest BCUT2D eigenvalue weighted by molar-refractivity contribution is 0.0670. The van der Waals surface area contributed by atoms with Crippen LogP contribution in [0.3, 0.4) is 0 Å². The lowest BCUT2D eigenvalue weighted by Gasteiger charge is -2.10. The summed E-state index contributed by atoms with van der Waals surface area (Å²) >= 11 is 0. The van der Waals surface area contributed by atoms with Crippen LogP contribution in [0, 0.1) is 0 Å². The predicted octanol–water partition coefficient (Wildman–Crippen LogP) is 3.64. The van der Waals surface area contributed by atoms with Gasteiger partial charge in [-0.2, -0.15) is 0 Å². The van der Waals surface area contributed by atoms with Crippen molar-refractivity contribution in [2.75, 3.05) is 0 Å². The van der Waals surface area contributed by atoms with Crippen LogP contribution in [0.25, 0.3) is 22.5 Å². The number of aromatic carboxylic acids is 1. The van der Waals surface area contributed by atoms with E-state index in [-0.39, 0.29) is 18.7 Å². The monoisotopic (exact) mass is 474 g/mol. The highest BCUT2D eigenvalue weighted by atomic mass is 16.4. The number of aromatic nitrogens is 6. The summed E-state index contributed by atoms with van der Waals surface area (Å²) in [5, 5.41) is 23.9. The Hall–Kier alpha value is -4.34. The van der Waals surface area contributed by atoms with Crippen LogP contribution in [-0.2, 0) is 13.0 Å². The zero-order valence-electron chi connectivity index (χ0n) is 19.6. The first-order chi connectivity index (χ1) is 17.0. The maximum atomic E-state index is 13.2. The molecule has 0 bridgehead atoms. The maximum absolute atomic E-state index is 13.2. The predicted molar refractivity (Wildman–Crippen MR) is 129 cm³/mol. The van der Waals surface area contributed by atoms with Gasteiger partial charge in [-0.1, -0.05) is 68.8 Å². The molecule has 0 spiro atoms. The average Bonchev–Trinajstić information content (AvgIpc) is 3.48. The van der Waals surface area contributed by atoms with Crippen molar-refractivity contribution >= 4 is 11.9 Å². The van der Waals surface area contributed by atoms with Crippen molar-refractivity contribution in [3.8, 4) is 22.5 Å². The number of carboxylic acid groups (broad SMARTS) is 1. The van der Waals surface area contributed by atoms with Gasteiger partial charge in [-0.05, 0) is 40.0 Å². The van der Waals surface area contributed by atoms with Gasteiger partial charge >= 0.3 is 11.7 Å². The van der Waals surface area contributed by atoms with Crippen LogP contribution < -0.4 is 5.69 Å². The smallest absolute Gasteiger partial charge is 0.354 e. The Balaban J connectivity index is 1.72. The quantitative estimate of drug-likeness (QED) is 0.378. The molecular formula is C25H26N6O4. The molecule has 2 aromatic heterocycles. The molecule has 4 rings (SSSR count). The lowest BCUT2D eigenvalue weighted by atomic mass is 9.98.